The molecule has 1 atom stereocenters. The lowest BCUT2D eigenvalue weighted by atomic mass is 9.83. The van der Waals surface area contributed by atoms with Gasteiger partial charge in [-0.25, -0.2) is 4.98 Å². The molecule has 4 rings (SSSR count). The summed E-state index contributed by atoms with van der Waals surface area (Å²) in [6.07, 6.45) is 8.45. The zero-order valence-electron chi connectivity index (χ0n) is 15.7. The van der Waals surface area contributed by atoms with Crippen molar-refractivity contribution in [2.45, 2.75) is 37.4 Å². The van der Waals surface area contributed by atoms with Crippen LogP contribution >= 0.6 is 0 Å². The van der Waals surface area contributed by atoms with Crippen molar-refractivity contribution in [2.24, 2.45) is 0 Å². The van der Waals surface area contributed by atoms with Crippen LogP contribution in [0.25, 0.3) is 0 Å². The Morgan fingerprint density at radius 2 is 2.00 bits per heavy atom. The summed E-state index contributed by atoms with van der Waals surface area (Å²) in [7, 11) is 0. The second-order valence-corrected chi connectivity index (χ2v) is 7.58. The van der Waals surface area contributed by atoms with Gasteiger partial charge in [-0.15, -0.1) is 0 Å². The molecule has 0 N–H and O–H groups in total. The number of ether oxygens (including phenoxy) is 3. The predicted octanol–water partition coefficient (Wildman–Crippen LogP) is 0.728. The van der Waals surface area contributed by atoms with Gasteiger partial charge in [-0.3, -0.25) is 14.7 Å². The van der Waals surface area contributed by atoms with E-state index in [2.05, 4.69) is 14.9 Å². The van der Waals surface area contributed by atoms with Crippen LogP contribution in [-0.2, 0) is 14.3 Å². The van der Waals surface area contributed by atoms with Crippen molar-refractivity contribution in [3.05, 3.63) is 18.6 Å². The molecule has 0 radical (unpaired) electrons. The highest BCUT2D eigenvalue weighted by Gasteiger charge is 2.42. The number of rotatable bonds is 4. The van der Waals surface area contributed by atoms with Crippen LogP contribution in [0.5, 0.6) is 5.88 Å². The van der Waals surface area contributed by atoms with Crippen molar-refractivity contribution in [3.8, 4) is 5.88 Å². The third-order valence-electron chi connectivity index (χ3n) is 5.76. The van der Waals surface area contributed by atoms with E-state index in [4.69, 9.17) is 14.2 Å². The summed E-state index contributed by atoms with van der Waals surface area (Å²) in [6.45, 7) is 5.81. The Bertz CT molecular complexity index is 615. The molecule has 3 saturated heterocycles. The number of aromatic nitrogens is 2. The zero-order valence-corrected chi connectivity index (χ0v) is 15.7. The van der Waals surface area contributed by atoms with Crippen molar-refractivity contribution in [2.75, 3.05) is 52.5 Å². The van der Waals surface area contributed by atoms with E-state index in [1.165, 1.54) is 0 Å². The third-order valence-corrected chi connectivity index (χ3v) is 5.76. The van der Waals surface area contributed by atoms with Gasteiger partial charge in [0.25, 0.3) is 0 Å². The first kappa shape index (κ1) is 18.6. The van der Waals surface area contributed by atoms with Crippen LogP contribution < -0.4 is 4.74 Å². The highest BCUT2D eigenvalue weighted by atomic mass is 16.5. The molecule has 4 heterocycles. The van der Waals surface area contributed by atoms with E-state index in [1.54, 1.807) is 18.6 Å². The zero-order chi connectivity index (χ0) is 18.5. The maximum absolute atomic E-state index is 12.6. The largest absolute Gasteiger partial charge is 0.473 e. The van der Waals surface area contributed by atoms with E-state index >= 15 is 0 Å². The molecule has 148 valence electrons. The fourth-order valence-corrected chi connectivity index (χ4v) is 4.16. The summed E-state index contributed by atoms with van der Waals surface area (Å²) in [5.41, 5.74) is -0.180. The van der Waals surface area contributed by atoms with Gasteiger partial charge in [0.05, 0.1) is 38.2 Å². The van der Waals surface area contributed by atoms with E-state index < -0.39 is 0 Å². The van der Waals surface area contributed by atoms with Crippen molar-refractivity contribution in [1.82, 2.24) is 19.8 Å². The summed E-state index contributed by atoms with van der Waals surface area (Å²) in [5.74, 6) is 0.785. The standard InChI is InChI=1S/C19H28N4O4/c24-18(15-22-8-11-25-12-9-22)23-6-2-19(3-7-23)13-16(1-10-26-19)27-17-14-20-4-5-21-17/h4-5,14,16H,1-3,6-13,15H2. The molecule has 1 aromatic heterocycles. The molecule has 3 fully saturated rings. The molecule has 3 aliphatic rings. The van der Waals surface area contributed by atoms with Crippen molar-refractivity contribution >= 4 is 5.91 Å². The monoisotopic (exact) mass is 376 g/mol. The van der Waals surface area contributed by atoms with Crippen LogP contribution in [0.3, 0.4) is 0 Å². The van der Waals surface area contributed by atoms with Gasteiger partial charge in [0.2, 0.25) is 11.8 Å². The summed E-state index contributed by atoms with van der Waals surface area (Å²) in [6, 6.07) is 0. The summed E-state index contributed by atoms with van der Waals surface area (Å²) in [4.78, 5) is 25.0. The van der Waals surface area contributed by atoms with Crippen LogP contribution in [0.2, 0.25) is 0 Å². The van der Waals surface area contributed by atoms with Gasteiger partial charge >= 0.3 is 0 Å². The average Bonchev–Trinajstić information content (AvgIpc) is 2.70. The molecule has 0 saturated carbocycles. The first-order chi connectivity index (χ1) is 13.2. The molecular weight excluding hydrogens is 348 g/mol. The Labute approximate surface area is 159 Å². The van der Waals surface area contributed by atoms with Crippen LogP contribution in [0, 0.1) is 0 Å². The molecular formula is C19H28N4O4. The van der Waals surface area contributed by atoms with Gasteiger partial charge in [-0.2, -0.15) is 0 Å². The van der Waals surface area contributed by atoms with Gasteiger partial charge < -0.3 is 19.1 Å². The van der Waals surface area contributed by atoms with E-state index in [0.29, 0.717) is 19.0 Å². The summed E-state index contributed by atoms with van der Waals surface area (Å²) in [5, 5.41) is 0. The Hall–Kier alpha value is -1.77. The van der Waals surface area contributed by atoms with Crippen molar-refractivity contribution < 1.29 is 19.0 Å². The molecule has 0 aromatic carbocycles. The third kappa shape index (κ3) is 4.75. The number of amides is 1. The minimum atomic E-state index is -0.180. The number of piperidine rings is 1. The number of hydrogen-bond donors (Lipinski definition) is 0. The maximum atomic E-state index is 12.6. The fourth-order valence-electron chi connectivity index (χ4n) is 4.16. The molecule has 1 spiro atoms. The minimum Gasteiger partial charge on any atom is -0.473 e. The molecule has 1 unspecified atom stereocenters. The Kier molecular flexibility index (Phi) is 5.85. The smallest absolute Gasteiger partial charge is 0.236 e. The normalized spacial score (nSPS) is 26.1. The summed E-state index contributed by atoms with van der Waals surface area (Å²) < 4.78 is 17.5. The predicted molar refractivity (Wildman–Crippen MR) is 97.4 cm³/mol. The second kappa shape index (κ2) is 8.50. The molecule has 8 heteroatoms. The molecule has 27 heavy (non-hydrogen) atoms. The number of carbonyl (C=O) groups is 1. The lowest BCUT2D eigenvalue weighted by Gasteiger charge is -2.46. The number of likely N-dealkylation sites (tertiary alicyclic amines) is 1. The highest BCUT2D eigenvalue weighted by Crippen LogP contribution is 2.36. The van der Waals surface area contributed by atoms with Crippen LogP contribution in [-0.4, -0.2) is 89.9 Å². The van der Waals surface area contributed by atoms with E-state index in [9.17, 15) is 4.79 Å². The fraction of sp³-hybridized carbons (Fsp3) is 0.737. The topological polar surface area (TPSA) is 77.0 Å². The van der Waals surface area contributed by atoms with Crippen LogP contribution in [0.15, 0.2) is 18.6 Å². The maximum Gasteiger partial charge on any atom is 0.236 e. The van der Waals surface area contributed by atoms with Crippen LogP contribution in [0.4, 0.5) is 0 Å². The molecule has 0 bridgehead atoms. The quantitative estimate of drug-likeness (QED) is 0.767. The first-order valence-corrected chi connectivity index (χ1v) is 9.87. The second-order valence-electron chi connectivity index (χ2n) is 7.58. The average molecular weight is 376 g/mol. The lowest BCUT2D eigenvalue weighted by Crippen LogP contribution is -2.54. The van der Waals surface area contributed by atoms with Gasteiger partial charge in [0, 0.05) is 51.4 Å². The van der Waals surface area contributed by atoms with Gasteiger partial charge in [0.15, 0.2) is 0 Å². The Morgan fingerprint density at radius 3 is 2.74 bits per heavy atom. The lowest BCUT2D eigenvalue weighted by molar-refractivity contribution is -0.152. The van der Waals surface area contributed by atoms with Crippen molar-refractivity contribution in [3.63, 3.8) is 0 Å². The highest BCUT2D eigenvalue weighted by molar-refractivity contribution is 5.78. The Morgan fingerprint density at radius 1 is 1.19 bits per heavy atom. The molecule has 1 aromatic rings. The van der Waals surface area contributed by atoms with E-state index in [0.717, 1.165) is 65.1 Å². The first-order valence-electron chi connectivity index (χ1n) is 9.87. The minimum absolute atomic E-state index is 0.0889. The SMILES string of the molecule is O=C(CN1CCOCC1)N1CCC2(CC1)CC(Oc1cnccn1)CCO2. The van der Waals surface area contributed by atoms with Crippen LogP contribution in [0.1, 0.15) is 25.7 Å². The number of morpholine rings is 1. The molecule has 0 aliphatic carbocycles. The van der Waals surface area contributed by atoms with E-state index in [1.807, 2.05) is 4.90 Å². The van der Waals surface area contributed by atoms with E-state index in [-0.39, 0.29) is 17.6 Å². The van der Waals surface area contributed by atoms with Crippen molar-refractivity contribution in [1.29, 1.82) is 0 Å². The number of hydrogen-bond acceptors (Lipinski definition) is 7. The van der Waals surface area contributed by atoms with Gasteiger partial charge in [-0.1, -0.05) is 0 Å². The molecule has 1 amide bonds. The van der Waals surface area contributed by atoms with Gasteiger partial charge in [0.1, 0.15) is 6.10 Å². The Balaban J connectivity index is 1.27. The summed E-state index contributed by atoms with van der Waals surface area (Å²) >= 11 is 0. The van der Waals surface area contributed by atoms with Gasteiger partial charge in [-0.05, 0) is 12.8 Å². The molecule has 3 aliphatic heterocycles. The number of carbonyl (C=O) groups excluding carboxylic acids is 1. The number of nitrogens with zero attached hydrogens (tertiary/aromatic N) is 4. The molecule has 8 nitrogen and oxygen atoms in total.